The lowest BCUT2D eigenvalue weighted by Gasteiger charge is -2.21. The summed E-state index contributed by atoms with van der Waals surface area (Å²) >= 11 is 0. The molecule has 0 spiro atoms. The van der Waals surface area contributed by atoms with E-state index in [2.05, 4.69) is 20.0 Å². The summed E-state index contributed by atoms with van der Waals surface area (Å²) in [5, 5.41) is 4.33. The third kappa shape index (κ3) is 3.71. The van der Waals surface area contributed by atoms with Crippen LogP contribution in [0.25, 0.3) is 15.7 Å². The van der Waals surface area contributed by atoms with Crippen molar-refractivity contribution in [1.82, 2.24) is 14.8 Å². The van der Waals surface area contributed by atoms with Gasteiger partial charge in [-0.2, -0.15) is 0 Å². The Labute approximate surface area is 157 Å². The number of pyridine rings is 1. The van der Waals surface area contributed by atoms with Gasteiger partial charge in [0.05, 0.1) is 18.5 Å². The standard InChI is InChI=1S/C20H23FN5O/c1-22-19-5-3-8-26(19)20(27)13-25-9-6-15(12-25)24-18-11-14(21)10-17-16(18)4-2-7-23-17/h1-2,4,7,10-11,15,19,24H,3,5-6,8-9,12-13H2/q+1/t15-,19+/m1/s1. The van der Waals surface area contributed by atoms with E-state index in [9.17, 15) is 9.18 Å². The van der Waals surface area contributed by atoms with Gasteiger partial charge in [-0.05, 0) is 31.0 Å². The van der Waals surface area contributed by atoms with Crippen LogP contribution in [0, 0.1) is 12.4 Å². The number of nitrogens with zero attached hydrogens (tertiary/aromatic N) is 4. The molecule has 0 unspecified atom stereocenters. The van der Waals surface area contributed by atoms with Crippen molar-refractivity contribution < 1.29 is 9.18 Å². The molecule has 0 bridgehead atoms. The van der Waals surface area contributed by atoms with E-state index < -0.39 is 0 Å². The minimum atomic E-state index is -0.306. The van der Waals surface area contributed by atoms with Gasteiger partial charge in [0.25, 0.3) is 6.57 Å². The summed E-state index contributed by atoms with van der Waals surface area (Å²) in [4.78, 5) is 24.5. The van der Waals surface area contributed by atoms with E-state index >= 15 is 0 Å². The molecule has 1 amide bonds. The number of aromatic nitrogens is 1. The summed E-state index contributed by atoms with van der Waals surface area (Å²) in [6, 6.07) is 6.89. The predicted molar refractivity (Wildman–Crippen MR) is 103 cm³/mol. The summed E-state index contributed by atoms with van der Waals surface area (Å²) in [5.74, 6) is -0.230. The molecule has 27 heavy (non-hydrogen) atoms. The normalized spacial score (nSPS) is 22.9. The van der Waals surface area contributed by atoms with E-state index in [0.717, 1.165) is 50.0 Å². The molecule has 2 aliphatic rings. The highest BCUT2D eigenvalue weighted by Crippen LogP contribution is 2.26. The van der Waals surface area contributed by atoms with Crippen molar-refractivity contribution in [3.8, 4) is 6.57 Å². The SMILES string of the molecule is C#[N+][C@@H]1CCCN1C(=O)CN1CC[C@@H](Nc2cc(F)cc3ncccc23)C1. The number of hydrogen-bond donors (Lipinski definition) is 1. The van der Waals surface area contributed by atoms with Gasteiger partial charge in [-0.25, -0.2) is 4.39 Å². The second kappa shape index (κ2) is 7.49. The second-order valence-electron chi connectivity index (χ2n) is 7.25. The summed E-state index contributed by atoms with van der Waals surface area (Å²) in [7, 11) is 0. The van der Waals surface area contributed by atoms with Gasteiger partial charge in [-0.15, -0.1) is 0 Å². The quantitative estimate of drug-likeness (QED) is 0.902. The lowest BCUT2D eigenvalue weighted by Crippen LogP contribution is -2.41. The number of fused-ring (bicyclic) bond motifs is 1. The topological polar surface area (TPSA) is 52.8 Å². The predicted octanol–water partition coefficient (Wildman–Crippen LogP) is 2.77. The van der Waals surface area contributed by atoms with E-state index in [1.165, 1.54) is 12.1 Å². The fourth-order valence-corrected chi connectivity index (χ4v) is 4.06. The largest absolute Gasteiger partial charge is 0.380 e. The van der Waals surface area contributed by atoms with Gasteiger partial charge in [-0.1, -0.05) is 4.85 Å². The highest BCUT2D eigenvalue weighted by molar-refractivity contribution is 5.91. The Kier molecular flexibility index (Phi) is 4.90. The number of halogens is 1. The highest BCUT2D eigenvalue weighted by Gasteiger charge is 2.36. The second-order valence-corrected chi connectivity index (χ2v) is 7.25. The van der Waals surface area contributed by atoms with Crippen LogP contribution in [-0.4, -0.2) is 59.1 Å². The molecule has 2 fully saturated rings. The van der Waals surface area contributed by atoms with E-state index in [0.29, 0.717) is 12.1 Å². The zero-order valence-corrected chi connectivity index (χ0v) is 15.1. The summed E-state index contributed by atoms with van der Waals surface area (Å²) in [6.07, 6.45) is 4.17. The molecule has 3 heterocycles. The first kappa shape index (κ1) is 17.7. The van der Waals surface area contributed by atoms with E-state index in [1.54, 1.807) is 11.1 Å². The molecule has 1 N–H and O–H groups in total. The van der Waals surface area contributed by atoms with Crippen LogP contribution in [0.3, 0.4) is 0 Å². The average molecular weight is 368 g/mol. The maximum Gasteiger partial charge on any atom is 0.349 e. The number of amides is 1. The Morgan fingerprint density at radius 2 is 2.26 bits per heavy atom. The molecule has 2 saturated heterocycles. The molecule has 2 atom stereocenters. The summed E-state index contributed by atoms with van der Waals surface area (Å²) in [5.41, 5.74) is 1.38. The maximum absolute atomic E-state index is 13.9. The van der Waals surface area contributed by atoms with Crippen molar-refractivity contribution in [2.75, 3.05) is 31.5 Å². The van der Waals surface area contributed by atoms with Crippen LogP contribution >= 0.6 is 0 Å². The van der Waals surface area contributed by atoms with Crippen LogP contribution < -0.4 is 5.32 Å². The van der Waals surface area contributed by atoms with E-state index in [-0.39, 0.29) is 23.9 Å². The summed E-state index contributed by atoms with van der Waals surface area (Å²) < 4.78 is 13.9. The van der Waals surface area contributed by atoms with Gasteiger partial charge in [0.2, 0.25) is 5.91 Å². The summed E-state index contributed by atoms with van der Waals surface area (Å²) in [6.45, 7) is 8.07. The van der Waals surface area contributed by atoms with Crippen LogP contribution in [0.1, 0.15) is 19.3 Å². The molecule has 0 saturated carbocycles. The Bertz CT molecular complexity index is 896. The van der Waals surface area contributed by atoms with Gasteiger partial charge in [0.1, 0.15) is 5.82 Å². The molecule has 0 radical (unpaired) electrons. The third-order valence-electron chi connectivity index (χ3n) is 5.39. The smallest absolute Gasteiger partial charge is 0.349 e. The molecular formula is C20H23FN5O+. The lowest BCUT2D eigenvalue weighted by molar-refractivity contribution is -0.132. The fraction of sp³-hybridized carbons (Fsp3) is 0.450. The molecule has 2 aromatic rings. The maximum atomic E-state index is 13.9. The number of rotatable bonds is 4. The van der Waals surface area contributed by atoms with Crippen LogP contribution in [0.4, 0.5) is 10.1 Å². The van der Waals surface area contributed by atoms with Crippen LogP contribution in [-0.2, 0) is 4.79 Å². The van der Waals surface area contributed by atoms with E-state index in [4.69, 9.17) is 6.57 Å². The first-order chi connectivity index (χ1) is 13.1. The van der Waals surface area contributed by atoms with Crippen molar-refractivity contribution in [3.63, 3.8) is 0 Å². The van der Waals surface area contributed by atoms with Crippen LogP contribution in [0.5, 0.6) is 0 Å². The number of carbonyl (C=O) groups excluding carboxylic acids is 1. The third-order valence-corrected chi connectivity index (χ3v) is 5.39. The fourth-order valence-electron chi connectivity index (χ4n) is 4.06. The molecule has 4 rings (SSSR count). The number of anilines is 1. The molecule has 6 nitrogen and oxygen atoms in total. The van der Waals surface area contributed by atoms with Crippen molar-refractivity contribution in [2.24, 2.45) is 0 Å². The Balaban J connectivity index is 1.39. The minimum Gasteiger partial charge on any atom is -0.380 e. The number of benzene rings is 1. The minimum absolute atomic E-state index is 0.0766. The van der Waals surface area contributed by atoms with Gasteiger partial charge < -0.3 is 5.32 Å². The Morgan fingerprint density at radius 1 is 1.37 bits per heavy atom. The molecule has 0 aliphatic carbocycles. The average Bonchev–Trinajstić information content (AvgIpc) is 3.30. The zero-order valence-electron chi connectivity index (χ0n) is 15.1. The van der Waals surface area contributed by atoms with Crippen LogP contribution in [0.15, 0.2) is 30.5 Å². The lowest BCUT2D eigenvalue weighted by atomic mass is 10.1. The van der Waals surface area contributed by atoms with Crippen molar-refractivity contribution >= 4 is 22.5 Å². The van der Waals surface area contributed by atoms with Crippen LogP contribution in [0.2, 0.25) is 0 Å². The van der Waals surface area contributed by atoms with Crippen molar-refractivity contribution in [2.45, 2.75) is 31.5 Å². The molecule has 1 aromatic carbocycles. The van der Waals surface area contributed by atoms with Gasteiger partial charge in [0, 0.05) is 49.0 Å². The van der Waals surface area contributed by atoms with Gasteiger partial charge >= 0.3 is 6.17 Å². The Morgan fingerprint density at radius 3 is 3.11 bits per heavy atom. The Hall–Kier alpha value is -2.72. The van der Waals surface area contributed by atoms with Gasteiger partial charge in [0.15, 0.2) is 0 Å². The molecule has 140 valence electrons. The van der Waals surface area contributed by atoms with E-state index in [1.807, 2.05) is 12.1 Å². The number of hydrogen-bond acceptors (Lipinski definition) is 4. The zero-order chi connectivity index (χ0) is 18.8. The van der Waals surface area contributed by atoms with Gasteiger partial charge in [-0.3, -0.25) is 19.6 Å². The number of nitrogens with one attached hydrogen (secondary N) is 1. The first-order valence-corrected chi connectivity index (χ1v) is 9.37. The number of carbonyl (C=O) groups is 1. The highest BCUT2D eigenvalue weighted by atomic mass is 19.1. The molecule has 2 aliphatic heterocycles. The van der Waals surface area contributed by atoms with Crippen molar-refractivity contribution in [1.29, 1.82) is 0 Å². The number of likely N-dealkylation sites (tertiary alicyclic amines) is 2. The first-order valence-electron chi connectivity index (χ1n) is 9.37. The van der Waals surface area contributed by atoms with Crippen molar-refractivity contribution in [3.05, 3.63) is 41.1 Å². The molecule has 7 heteroatoms. The molecule has 1 aromatic heterocycles. The monoisotopic (exact) mass is 368 g/mol. The molecular weight excluding hydrogens is 345 g/mol.